The number of thioether (sulfide) groups is 1. The Hall–Kier alpha value is -2.22. The molecule has 0 atom stereocenters. The van der Waals surface area contributed by atoms with Crippen LogP contribution in [0.15, 0.2) is 41.3 Å². The van der Waals surface area contributed by atoms with Crippen molar-refractivity contribution >= 4 is 41.0 Å². The van der Waals surface area contributed by atoms with Crippen LogP contribution in [0.4, 0.5) is 5.69 Å². The highest BCUT2D eigenvalue weighted by molar-refractivity contribution is 8.00. The zero-order chi connectivity index (χ0) is 25.3. The van der Waals surface area contributed by atoms with E-state index >= 15 is 0 Å². The Morgan fingerprint density at radius 3 is 2.44 bits per heavy atom. The van der Waals surface area contributed by atoms with Crippen LogP contribution in [0.3, 0.4) is 0 Å². The first-order valence-electron chi connectivity index (χ1n) is 12.9. The summed E-state index contributed by atoms with van der Waals surface area (Å²) in [6, 6.07) is 12.8. The number of hydroxylamine groups is 2. The molecule has 0 spiro atoms. The van der Waals surface area contributed by atoms with Crippen LogP contribution in [-0.2, 0) is 33.8 Å². The molecule has 0 bridgehead atoms. The van der Waals surface area contributed by atoms with Crippen molar-refractivity contribution in [2.45, 2.75) is 80.9 Å². The Morgan fingerprint density at radius 1 is 1.00 bits per heavy atom. The largest absolute Gasteiger partial charge is 0.481 e. The van der Waals surface area contributed by atoms with Gasteiger partial charge in [-0.05, 0) is 60.6 Å². The molecule has 2 aromatic rings. The quantitative estimate of drug-likeness (QED) is 0.359. The number of nitrogens with zero attached hydrogens (tertiary/aromatic N) is 1. The van der Waals surface area contributed by atoms with Crippen molar-refractivity contribution in [2.24, 2.45) is 0 Å². The second-order valence-electron chi connectivity index (χ2n) is 9.58. The number of carbonyl (C=O) groups is 2. The number of aliphatic carboxylic acids is 1. The lowest BCUT2D eigenvalue weighted by Gasteiger charge is -2.18. The molecule has 0 amide bonds. The SMILES string of the molecule is O=C(O)CCC(=O)ON1CCc2ccc(Cl)c(NCc3ccc(SC4CCCCCC4)cc3)c2CC1. The van der Waals surface area contributed by atoms with E-state index in [1.807, 2.05) is 23.9 Å². The number of nitrogens with one attached hydrogen (secondary N) is 1. The maximum absolute atomic E-state index is 12.0. The van der Waals surface area contributed by atoms with Gasteiger partial charge in [0.1, 0.15) is 0 Å². The number of hydrogen-bond donors (Lipinski definition) is 2. The number of rotatable bonds is 9. The summed E-state index contributed by atoms with van der Waals surface area (Å²) in [6.45, 7) is 1.78. The molecule has 4 rings (SSSR count). The van der Waals surface area contributed by atoms with Crippen LogP contribution in [-0.4, -0.2) is 40.4 Å². The maximum atomic E-state index is 12.0. The molecule has 8 heteroatoms. The molecule has 2 N–H and O–H groups in total. The third-order valence-corrected chi connectivity index (χ3v) is 8.54. The summed E-state index contributed by atoms with van der Waals surface area (Å²) >= 11 is 8.62. The summed E-state index contributed by atoms with van der Waals surface area (Å²) < 4.78 is 0. The number of fused-ring (bicyclic) bond motifs is 1. The predicted octanol–water partition coefficient (Wildman–Crippen LogP) is 6.49. The van der Waals surface area contributed by atoms with Gasteiger partial charge in [0.15, 0.2) is 0 Å². The Morgan fingerprint density at radius 2 is 1.72 bits per heavy atom. The fraction of sp³-hybridized carbons (Fsp3) is 0.500. The maximum Gasteiger partial charge on any atom is 0.325 e. The number of carboxylic acids is 1. The molecule has 0 aromatic heterocycles. The summed E-state index contributed by atoms with van der Waals surface area (Å²) in [4.78, 5) is 29.4. The van der Waals surface area contributed by atoms with Crippen LogP contribution in [0.1, 0.15) is 68.1 Å². The summed E-state index contributed by atoms with van der Waals surface area (Å²) in [6.07, 6.45) is 9.16. The minimum Gasteiger partial charge on any atom is -0.481 e. The molecule has 1 aliphatic carbocycles. The van der Waals surface area contributed by atoms with E-state index in [0.717, 1.165) is 22.9 Å². The topological polar surface area (TPSA) is 78.9 Å². The van der Waals surface area contributed by atoms with Crippen molar-refractivity contribution in [3.63, 3.8) is 0 Å². The van der Waals surface area contributed by atoms with Gasteiger partial charge in [0.25, 0.3) is 0 Å². The molecule has 0 saturated heterocycles. The first-order valence-corrected chi connectivity index (χ1v) is 14.2. The molecule has 1 saturated carbocycles. The molecular weight excluding hydrogens is 496 g/mol. The third-order valence-electron chi connectivity index (χ3n) is 6.87. The molecule has 1 fully saturated rings. The van der Waals surface area contributed by atoms with Crippen LogP contribution >= 0.6 is 23.4 Å². The Bertz CT molecular complexity index is 1040. The molecule has 0 radical (unpaired) electrons. The van der Waals surface area contributed by atoms with Crippen LogP contribution < -0.4 is 5.32 Å². The summed E-state index contributed by atoms with van der Waals surface area (Å²) in [5.41, 5.74) is 4.47. The van der Waals surface area contributed by atoms with Gasteiger partial charge >= 0.3 is 11.9 Å². The second kappa shape index (κ2) is 13.4. The predicted molar refractivity (Wildman–Crippen MR) is 145 cm³/mol. The van der Waals surface area contributed by atoms with E-state index in [2.05, 4.69) is 29.6 Å². The van der Waals surface area contributed by atoms with Gasteiger partial charge in [-0.25, -0.2) is 0 Å². The van der Waals surface area contributed by atoms with Gasteiger partial charge in [-0.1, -0.05) is 55.5 Å². The molecule has 1 aliphatic heterocycles. The van der Waals surface area contributed by atoms with Gasteiger partial charge < -0.3 is 15.3 Å². The highest BCUT2D eigenvalue weighted by Gasteiger charge is 2.21. The van der Waals surface area contributed by atoms with Gasteiger partial charge in [-0.3, -0.25) is 9.59 Å². The van der Waals surface area contributed by atoms with Gasteiger partial charge in [0.05, 0.1) is 23.6 Å². The van der Waals surface area contributed by atoms with E-state index < -0.39 is 11.9 Å². The van der Waals surface area contributed by atoms with Crippen molar-refractivity contribution in [1.82, 2.24) is 5.06 Å². The van der Waals surface area contributed by atoms with E-state index in [1.165, 1.54) is 54.5 Å². The van der Waals surface area contributed by atoms with E-state index in [0.29, 0.717) is 31.1 Å². The van der Waals surface area contributed by atoms with Crippen molar-refractivity contribution < 1.29 is 19.5 Å². The lowest BCUT2D eigenvalue weighted by Crippen LogP contribution is -2.30. The van der Waals surface area contributed by atoms with Crippen molar-refractivity contribution in [3.8, 4) is 0 Å². The molecular formula is C28H35ClN2O4S. The number of anilines is 1. The van der Waals surface area contributed by atoms with Gasteiger partial charge in [0, 0.05) is 29.8 Å². The number of carbonyl (C=O) groups excluding carboxylic acids is 1. The lowest BCUT2D eigenvalue weighted by atomic mass is 10.0. The van der Waals surface area contributed by atoms with Gasteiger partial charge in [0.2, 0.25) is 0 Å². The van der Waals surface area contributed by atoms with E-state index in [-0.39, 0.29) is 12.8 Å². The van der Waals surface area contributed by atoms with Crippen molar-refractivity contribution in [2.75, 3.05) is 18.4 Å². The molecule has 2 aromatic carbocycles. The standard InChI is InChI=1S/C28H35ClN2O4S/c29-25-12-9-21-15-17-31(35-27(34)14-13-26(32)33)18-16-24(21)28(25)30-19-20-7-10-23(11-8-20)36-22-5-3-1-2-4-6-22/h7-12,22,30H,1-6,13-19H2,(H,32,33). The molecule has 0 unspecified atom stereocenters. The fourth-order valence-corrected chi connectivity index (χ4v) is 6.38. The summed E-state index contributed by atoms with van der Waals surface area (Å²) in [7, 11) is 0. The third kappa shape index (κ3) is 7.89. The van der Waals surface area contributed by atoms with E-state index in [4.69, 9.17) is 21.5 Å². The number of benzene rings is 2. The summed E-state index contributed by atoms with van der Waals surface area (Å²) in [5, 5.41) is 15.4. The fourth-order valence-electron chi connectivity index (χ4n) is 4.89. The van der Waals surface area contributed by atoms with Gasteiger partial charge in [-0.2, -0.15) is 0 Å². The number of carboxylic acid groups (broad SMARTS) is 1. The number of hydrogen-bond acceptors (Lipinski definition) is 6. The molecule has 194 valence electrons. The Kier molecular flexibility index (Phi) is 9.96. The van der Waals surface area contributed by atoms with Crippen LogP contribution in [0.5, 0.6) is 0 Å². The first-order chi connectivity index (χ1) is 17.5. The number of halogens is 1. The second-order valence-corrected chi connectivity index (χ2v) is 11.4. The highest BCUT2D eigenvalue weighted by atomic mass is 35.5. The average Bonchev–Trinajstić information content (AvgIpc) is 3.24. The minimum absolute atomic E-state index is 0.130. The first kappa shape index (κ1) is 26.8. The molecule has 1 heterocycles. The lowest BCUT2D eigenvalue weighted by molar-refractivity contribution is -0.190. The zero-order valence-corrected chi connectivity index (χ0v) is 22.2. The van der Waals surface area contributed by atoms with Crippen LogP contribution in [0.2, 0.25) is 5.02 Å². The van der Waals surface area contributed by atoms with Crippen LogP contribution in [0, 0.1) is 0 Å². The Balaban J connectivity index is 1.34. The Labute approximate surface area is 222 Å². The highest BCUT2D eigenvalue weighted by Crippen LogP contribution is 2.34. The van der Waals surface area contributed by atoms with Gasteiger partial charge in [-0.15, -0.1) is 16.8 Å². The van der Waals surface area contributed by atoms with E-state index in [9.17, 15) is 9.59 Å². The monoisotopic (exact) mass is 530 g/mol. The molecule has 2 aliphatic rings. The van der Waals surface area contributed by atoms with Crippen molar-refractivity contribution in [3.05, 3.63) is 58.1 Å². The smallest absolute Gasteiger partial charge is 0.325 e. The molecule has 6 nitrogen and oxygen atoms in total. The summed E-state index contributed by atoms with van der Waals surface area (Å²) in [5.74, 6) is -1.52. The van der Waals surface area contributed by atoms with E-state index in [1.54, 1.807) is 5.06 Å². The zero-order valence-electron chi connectivity index (χ0n) is 20.6. The normalized spacial score (nSPS) is 17.0. The minimum atomic E-state index is -1.01. The van der Waals surface area contributed by atoms with Crippen LogP contribution in [0.25, 0.3) is 0 Å². The van der Waals surface area contributed by atoms with Crippen molar-refractivity contribution in [1.29, 1.82) is 0 Å². The average molecular weight is 531 g/mol. The molecule has 36 heavy (non-hydrogen) atoms.